The van der Waals surface area contributed by atoms with Crippen molar-refractivity contribution in [1.29, 1.82) is 0 Å². The van der Waals surface area contributed by atoms with Gasteiger partial charge in [-0.3, -0.25) is 0 Å². The van der Waals surface area contributed by atoms with E-state index in [0.29, 0.717) is 11.3 Å². The van der Waals surface area contributed by atoms with Gasteiger partial charge in [0.2, 0.25) is 0 Å². The Morgan fingerprint density at radius 3 is 3.13 bits per heavy atom. The topological polar surface area (TPSA) is 25.4 Å². The summed E-state index contributed by atoms with van der Waals surface area (Å²) >= 11 is 7.36. The van der Waals surface area contributed by atoms with Crippen molar-refractivity contribution in [3.63, 3.8) is 0 Å². The van der Waals surface area contributed by atoms with Gasteiger partial charge in [-0.2, -0.15) is 0 Å². The lowest BCUT2D eigenvalue weighted by atomic mass is 10.1. The van der Waals surface area contributed by atoms with E-state index in [2.05, 4.69) is 9.88 Å². The highest BCUT2D eigenvalue weighted by molar-refractivity contribution is 7.14. The predicted molar refractivity (Wildman–Crippen MR) is 64.0 cm³/mol. The molecule has 1 aliphatic rings. The van der Waals surface area contributed by atoms with Crippen molar-refractivity contribution in [3.05, 3.63) is 10.5 Å². The maximum absolute atomic E-state index is 5.79. The van der Waals surface area contributed by atoms with Gasteiger partial charge < -0.3 is 9.64 Å². The SMILES string of the molecule is CN(CC1CCCCO1)c1nc(Cl)cs1. The van der Waals surface area contributed by atoms with Gasteiger partial charge in [0, 0.05) is 25.6 Å². The van der Waals surface area contributed by atoms with Crippen molar-refractivity contribution >= 4 is 28.1 Å². The summed E-state index contributed by atoms with van der Waals surface area (Å²) in [6, 6.07) is 0. The first-order valence-corrected chi connectivity index (χ1v) is 6.45. The molecule has 1 aliphatic heterocycles. The van der Waals surface area contributed by atoms with Crippen LogP contribution in [-0.4, -0.2) is 31.3 Å². The number of ether oxygens (including phenoxy) is 1. The molecule has 84 valence electrons. The number of hydrogen-bond acceptors (Lipinski definition) is 4. The number of likely N-dealkylation sites (N-methyl/N-ethyl adjacent to an activating group) is 1. The number of nitrogens with zero attached hydrogens (tertiary/aromatic N) is 2. The fourth-order valence-electron chi connectivity index (χ4n) is 1.76. The molecule has 0 saturated carbocycles. The maximum atomic E-state index is 5.79. The standard InChI is InChI=1S/C10H15ClN2OS/c1-13(10-12-9(11)7-15-10)6-8-4-2-3-5-14-8/h7-8H,2-6H2,1H3. The van der Waals surface area contributed by atoms with Crippen LogP contribution in [0.15, 0.2) is 5.38 Å². The minimum absolute atomic E-state index is 0.353. The lowest BCUT2D eigenvalue weighted by molar-refractivity contribution is 0.0216. The van der Waals surface area contributed by atoms with Crippen molar-refractivity contribution in [2.24, 2.45) is 0 Å². The number of aromatic nitrogens is 1. The molecule has 0 N–H and O–H groups in total. The fraction of sp³-hybridized carbons (Fsp3) is 0.700. The van der Waals surface area contributed by atoms with Crippen molar-refractivity contribution in [3.8, 4) is 0 Å². The van der Waals surface area contributed by atoms with E-state index in [1.54, 1.807) is 11.3 Å². The van der Waals surface area contributed by atoms with E-state index in [1.165, 1.54) is 12.8 Å². The minimum Gasteiger partial charge on any atom is -0.376 e. The van der Waals surface area contributed by atoms with E-state index in [0.717, 1.165) is 24.7 Å². The van der Waals surface area contributed by atoms with Gasteiger partial charge in [0.05, 0.1) is 6.10 Å². The first kappa shape index (κ1) is 11.2. The van der Waals surface area contributed by atoms with E-state index in [-0.39, 0.29) is 0 Å². The Kier molecular flexibility index (Phi) is 3.83. The van der Waals surface area contributed by atoms with E-state index in [1.807, 2.05) is 12.4 Å². The second kappa shape index (κ2) is 5.14. The van der Waals surface area contributed by atoms with Gasteiger partial charge in [0.25, 0.3) is 0 Å². The van der Waals surface area contributed by atoms with Crippen molar-refractivity contribution in [2.45, 2.75) is 25.4 Å². The van der Waals surface area contributed by atoms with Crippen LogP contribution >= 0.6 is 22.9 Å². The van der Waals surface area contributed by atoms with Crippen molar-refractivity contribution in [2.75, 3.05) is 25.1 Å². The Morgan fingerprint density at radius 1 is 1.67 bits per heavy atom. The average Bonchev–Trinajstić information content (AvgIpc) is 2.66. The molecule has 2 heterocycles. The van der Waals surface area contributed by atoms with Gasteiger partial charge >= 0.3 is 0 Å². The molecule has 15 heavy (non-hydrogen) atoms. The largest absolute Gasteiger partial charge is 0.376 e. The van der Waals surface area contributed by atoms with Gasteiger partial charge in [-0.1, -0.05) is 11.6 Å². The summed E-state index contributed by atoms with van der Waals surface area (Å²) in [4.78, 5) is 6.35. The van der Waals surface area contributed by atoms with Crippen molar-refractivity contribution in [1.82, 2.24) is 4.98 Å². The summed E-state index contributed by atoms with van der Waals surface area (Å²) in [5.41, 5.74) is 0. The zero-order chi connectivity index (χ0) is 10.7. The van der Waals surface area contributed by atoms with E-state index in [9.17, 15) is 0 Å². The third kappa shape index (κ3) is 3.06. The van der Waals surface area contributed by atoms with E-state index < -0.39 is 0 Å². The van der Waals surface area contributed by atoms with Gasteiger partial charge in [0.1, 0.15) is 5.15 Å². The maximum Gasteiger partial charge on any atom is 0.186 e. The Labute approximate surface area is 99.0 Å². The Hall–Kier alpha value is -0.320. The number of thiazole rings is 1. The fourth-order valence-corrected chi connectivity index (χ4v) is 2.68. The second-order valence-corrected chi connectivity index (χ2v) is 5.05. The second-order valence-electron chi connectivity index (χ2n) is 3.82. The molecule has 0 bridgehead atoms. The highest BCUT2D eigenvalue weighted by Gasteiger charge is 2.17. The van der Waals surface area contributed by atoms with Crippen LogP contribution in [0.4, 0.5) is 5.13 Å². The van der Waals surface area contributed by atoms with Crippen LogP contribution in [0.25, 0.3) is 0 Å². The van der Waals surface area contributed by atoms with Crippen LogP contribution in [0.1, 0.15) is 19.3 Å². The van der Waals surface area contributed by atoms with E-state index in [4.69, 9.17) is 16.3 Å². The molecule has 0 amide bonds. The lowest BCUT2D eigenvalue weighted by Crippen LogP contribution is -2.33. The van der Waals surface area contributed by atoms with Crippen LogP contribution in [0.2, 0.25) is 5.15 Å². The summed E-state index contributed by atoms with van der Waals surface area (Å²) in [6.45, 7) is 1.81. The van der Waals surface area contributed by atoms with Crippen LogP contribution < -0.4 is 4.90 Å². The number of hydrogen-bond donors (Lipinski definition) is 0. The average molecular weight is 247 g/mol. The molecule has 1 aromatic rings. The Balaban J connectivity index is 1.88. The Morgan fingerprint density at radius 2 is 2.53 bits per heavy atom. The summed E-state index contributed by atoms with van der Waals surface area (Å²) in [5.74, 6) is 0. The summed E-state index contributed by atoms with van der Waals surface area (Å²) in [7, 11) is 2.03. The molecule has 1 aromatic heterocycles. The van der Waals surface area contributed by atoms with Gasteiger partial charge in [-0.15, -0.1) is 11.3 Å². The third-order valence-corrected chi connectivity index (χ3v) is 3.82. The zero-order valence-corrected chi connectivity index (χ0v) is 10.4. The summed E-state index contributed by atoms with van der Waals surface area (Å²) < 4.78 is 5.68. The molecule has 3 nitrogen and oxygen atoms in total. The van der Waals surface area contributed by atoms with Crippen LogP contribution in [0, 0.1) is 0 Å². The molecular formula is C10H15ClN2OS. The molecule has 0 radical (unpaired) electrons. The van der Waals surface area contributed by atoms with Gasteiger partial charge in [-0.25, -0.2) is 4.98 Å². The smallest absolute Gasteiger partial charge is 0.186 e. The summed E-state index contributed by atoms with van der Waals surface area (Å²) in [5, 5.41) is 3.40. The van der Waals surface area contributed by atoms with Gasteiger partial charge in [-0.05, 0) is 19.3 Å². The minimum atomic E-state index is 0.353. The highest BCUT2D eigenvalue weighted by atomic mass is 35.5. The van der Waals surface area contributed by atoms with Crippen LogP contribution in [-0.2, 0) is 4.74 Å². The number of halogens is 1. The van der Waals surface area contributed by atoms with Crippen molar-refractivity contribution < 1.29 is 4.74 Å². The first-order chi connectivity index (χ1) is 7.25. The normalized spacial score (nSPS) is 21.6. The quantitative estimate of drug-likeness (QED) is 0.820. The highest BCUT2D eigenvalue weighted by Crippen LogP contribution is 2.23. The Bertz CT molecular complexity index is 312. The van der Waals surface area contributed by atoms with Crippen LogP contribution in [0.5, 0.6) is 0 Å². The molecule has 2 rings (SSSR count). The number of rotatable bonds is 3. The third-order valence-electron chi connectivity index (χ3n) is 2.54. The van der Waals surface area contributed by atoms with Crippen LogP contribution in [0.3, 0.4) is 0 Å². The molecule has 1 atom stereocenters. The first-order valence-electron chi connectivity index (χ1n) is 5.19. The molecule has 0 aromatic carbocycles. The predicted octanol–water partition coefficient (Wildman–Crippen LogP) is 2.80. The molecule has 5 heteroatoms. The van der Waals surface area contributed by atoms with E-state index >= 15 is 0 Å². The summed E-state index contributed by atoms with van der Waals surface area (Å²) in [6.07, 6.45) is 3.98. The monoisotopic (exact) mass is 246 g/mol. The van der Waals surface area contributed by atoms with Gasteiger partial charge in [0.15, 0.2) is 5.13 Å². The molecule has 1 saturated heterocycles. The molecule has 0 spiro atoms. The zero-order valence-electron chi connectivity index (χ0n) is 8.78. The number of anilines is 1. The molecule has 1 unspecified atom stereocenters. The molecular weight excluding hydrogens is 232 g/mol. The lowest BCUT2D eigenvalue weighted by Gasteiger charge is -2.27. The molecule has 1 fully saturated rings. The molecule has 0 aliphatic carbocycles.